The lowest BCUT2D eigenvalue weighted by Gasteiger charge is -2.37. The number of carbonyl (C=O) groups is 1. The number of furan rings is 1. The van der Waals surface area contributed by atoms with Crippen LogP contribution in [0.25, 0.3) is 0 Å². The van der Waals surface area contributed by atoms with Crippen molar-refractivity contribution in [3.63, 3.8) is 0 Å². The van der Waals surface area contributed by atoms with E-state index in [1.165, 1.54) is 18.4 Å². The van der Waals surface area contributed by atoms with E-state index in [-0.39, 0.29) is 18.3 Å². The molecular weight excluding hydrogens is 309 g/mol. The van der Waals surface area contributed by atoms with Gasteiger partial charge in [0, 0.05) is 0 Å². The number of aliphatic hydroxyl groups is 1. The molecule has 1 saturated carbocycles. The molecule has 128 valence electrons. The molecule has 1 aliphatic carbocycles. The molecule has 2 aromatic rings. The zero-order chi connectivity index (χ0) is 17.0. The summed E-state index contributed by atoms with van der Waals surface area (Å²) in [6, 6.07) is 9.13. The molecule has 3 rings (SSSR count). The number of amides is 1. The van der Waals surface area contributed by atoms with Crippen molar-refractivity contribution in [2.24, 2.45) is 0 Å². The van der Waals surface area contributed by atoms with Crippen LogP contribution in [0.3, 0.4) is 0 Å². The molecule has 0 aliphatic heterocycles. The quantitative estimate of drug-likeness (QED) is 0.882. The highest BCUT2D eigenvalue weighted by Gasteiger charge is 2.42. The molecule has 1 amide bonds. The van der Waals surface area contributed by atoms with Crippen molar-refractivity contribution < 1.29 is 18.7 Å². The van der Waals surface area contributed by atoms with Gasteiger partial charge in [0.2, 0.25) is 5.91 Å². The Bertz CT molecular complexity index is 678. The summed E-state index contributed by atoms with van der Waals surface area (Å²) >= 11 is 0. The molecule has 1 unspecified atom stereocenters. The first-order chi connectivity index (χ1) is 11.7. The van der Waals surface area contributed by atoms with Crippen LogP contribution in [0.2, 0.25) is 0 Å². The molecule has 2 N–H and O–H groups in total. The molecule has 1 aliphatic rings. The topological polar surface area (TPSA) is 62.5 Å². The minimum absolute atomic E-state index is 0.178. The number of rotatable bonds is 5. The number of aliphatic hydroxyl groups excluding tert-OH is 1. The van der Waals surface area contributed by atoms with Crippen molar-refractivity contribution in [2.45, 2.75) is 43.6 Å². The van der Waals surface area contributed by atoms with E-state index in [2.05, 4.69) is 5.32 Å². The van der Waals surface area contributed by atoms with Crippen molar-refractivity contribution in [3.05, 3.63) is 59.8 Å². The predicted octanol–water partition coefficient (Wildman–Crippen LogP) is 3.47. The summed E-state index contributed by atoms with van der Waals surface area (Å²) in [7, 11) is 0. The van der Waals surface area contributed by atoms with E-state index >= 15 is 0 Å². The summed E-state index contributed by atoms with van der Waals surface area (Å²) in [6.45, 7) is -0.252. The van der Waals surface area contributed by atoms with Crippen LogP contribution in [-0.4, -0.2) is 17.6 Å². The Morgan fingerprint density at radius 1 is 1.25 bits per heavy atom. The highest BCUT2D eigenvalue weighted by molar-refractivity contribution is 5.88. The van der Waals surface area contributed by atoms with Crippen LogP contribution in [0, 0.1) is 5.82 Å². The number of hydrogen-bond donors (Lipinski definition) is 2. The van der Waals surface area contributed by atoms with Crippen LogP contribution >= 0.6 is 0 Å². The fourth-order valence-corrected chi connectivity index (χ4v) is 3.58. The largest absolute Gasteiger partial charge is 0.467 e. The van der Waals surface area contributed by atoms with Gasteiger partial charge >= 0.3 is 0 Å². The summed E-state index contributed by atoms with van der Waals surface area (Å²) in [5.41, 5.74) is -0.0452. The van der Waals surface area contributed by atoms with E-state index in [1.807, 2.05) is 6.07 Å². The normalized spacial score (nSPS) is 18.1. The third-order valence-corrected chi connectivity index (χ3v) is 4.89. The zero-order valence-electron chi connectivity index (χ0n) is 13.5. The van der Waals surface area contributed by atoms with Crippen LogP contribution < -0.4 is 5.32 Å². The minimum Gasteiger partial charge on any atom is -0.467 e. The van der Waals surface area contributed by atoms with E-state index in [0.29, 0.717) is 24.2 Å². The summed E-state index contributed by atoms with van der Waals surface area (Å²) in [6.07, 6.45) is 5.79. The maximum atomic E-state index is 13.7. The Morgan fingerprint density at radius 2 is 2.04 bits per heavy atom. The standard InChI is InChI=1S/C19H22FNO3/c20-15-7-4-6-14(12-15)19(9-2-1-3-10-19)18(23)21-16(13-22)17-8-5-11-24-17/h4-8,11-12,16,22H,1-3,9-10,13H2,(H,21,23). The van der Waals surface area contributed by atoms with Gasteiger partial charge in [-0.1, -0.05) is 31.4 Å². The Hall–Kier alpha value is -2.14. The molecule has 4 nitrogen and oxygen atoms in total. The van der Waals surface area contributed by atoms with Gasteiger partial charge in [-0.15, -0.1) is 0 Å². The highest BCUT2D eigenvalue weighted by Crippen LogP contribution is 2.40. The Balaban J connectivity index is 1.89. The summed E-state index contributed by atoms with van der Waals surface area (Å²) in [5.74, 6) is -0.00528. The predicted molar refractivity (Wildman–Crippen MR) is 87.8 cm³/mol. The van der Waals surface area contributed by atoms with Crippen molar-refractivity contribution in [1.29, 1.82) is 0 Å². The second-order valence-corrected chi connectivity index (χ2v) is 6.38. The SMILES string of the molecule is O=C(NC(CO)c1ccco1)C1(c2cccc(F)c2)CCCCC1. The van der Waals surface area contributed by atoms with Crippen molar-refractivity contribution in [1.82, 2.24) is 5.32 Å². The molecule has 0 radical (unpaired) electrons. The first-order valence-corrected chi connectivity index (χ1v) is 8.37. The average molecular weight is 331 g/mol. The number of benzene rings is 1. The lowest BCUT2D eigenvalue weighted by molar-refractivity contribution is -0.129. The molecule has 0 bridgehead atoms. The maximum absolute atomic E-state index is 13.7. The van der Waals surface area contributed by atoms with Crippen molar-refractivity contribution in [3.8, 4) is 0 Å². The van der Waals surface area contributed by atoms with Gasteiger partial charge in [-0.05, 0) is 42.7 Å². The fraction of sp³-hybridized carbons (Fsp3) is 0.421. The van der Waals surface area contributed by atoms with E-state index < -0.39 is 11.5 Å². The van der Waals surface area contributed by atoms with Crippen molar-refractivity contribution in [2.75, 3.05) is 6.61 Å². The molecule has 0 spiro atoms. The Morgan fingerprint density at radius 3 is 2.67 bits per heavy atom. The smallest absolute Gasteiger partial charge is 0.231 e. The third-order valence-electron chi connectivity index (χ3n) is 4.89. The number of carbonyl (C=O) groups excluding carboxylic acids is 1. The van der Waals surface area contributed by atoms with Gasteiger partial charge < -0.3 is 14.8 Å². The van der Waals surface area contributed by atoms with Crippen molar-refractivity contribution >= 4 is 5.91 Å². The lowest BCUT2D eigenvalue weighted by atomic mass is 9.68. The van der Waals surface area contributed by atoms with Gasteiger partial charge in [0.15, 0.2) is 0 Å². The molecule has 5 heteroatoms. The van der Waals surface area contributed by atoms with Crippen LogP contribution in [0.1, 0.15) is 49.5 Å². The third kappa shape index (κ3) is 3.22. The number of hydrogen-bond acceptors (Lipinski definition) is 3. The molecule has 24 heavy (non-hydrogen) atoms. The van der Waals surface area contributed by atoms with Crippen LogP contribution in [-0.2, 0) is 10.2 Å². The number of halogens is 1. The zero-order valence-corrected chi connectivity index (χ0v) is 13.5. The molecule has 1 atom stereocenters. The second-order valence-electron chi connectivity index (χ2n) is 6.38. The van der Waals surface area contributed by atoms with Gasteiger partial charge in [-0.3, -0.25) is 4.79 Å². The second kappa shape index (κ2) is 7.18. The molecule has 1 fully saturated rings. The Labute approximate surface area is 140 Å². The summed E-state index contributed by atoms with van der Waals surface area (Å²) in [4.78, 5) is 13.1. The minimum atomic E-state index is -0.750. The van der Waals surface area contributed by atoms with Crippen LogP contribution in [0.4, 0.5) is 4.39 Å². The highest BCUT2D eigenvalue weighted by atomic mass is 19.1. The summed E-state index contributed by atoms with van der Waals surface area (Å²) in [5, 5.41) is 12.5. The van der Waals surface area contributed by atoms with Gasteiger partial charge in [-0.2, -0.15) is 0 Å². The van der Waals surface area contributed by atoms with E-state index in [4.69, 9.17) is 4.42 Å². The average Bonchev–Trinajstić information content (AvgIpc) is 3.14. The van der Waals surface area contributed by atoms with Crippen LogP contribution in [0.5, 0.6) is 0 Å². The lowest BCUT2D eigenvalue weighted by Crippen LogP contribution is -2.47. The molecule has 1 heterocycles. The first kappa shape index (κ1) is 16.7. The van der Waals surface area contributed by atoms with E-state index in [1.54, 1.807) is 18.2 Å². The van der Waals surface area contributed by atoms with E-state index in [9.17, 15) is 14.3 Å². The van der Waals surface area contributed by atoms with Gasteiger partial charge in [-0.25, -0.2) is 4.39 Å². The first-order valence-electron chi connectivity index (χ1n) is 8.37. The van der Waals surface area contributed by atoms with Crippen LogP contribution in [0.15, 0.2) is 47.1 Å². The van der Waals surface area contributed by atoms with Gasteiger partial charge in [0.05, 0.1) is 18.3 Å². The fourth-order valence-electron chi connectivity index (χ4n) is 3.58. The number of nitrogens with one attached hydrogen (secondary N) is 1. The molecule has 0 saturated heterocycles. The van der Waals surface area contributed by atoms with E-state index in [0.717, 1.165) is 19.3 Å². The van der Waals surface area contributed by atoms with Gasteiger partial charge in [0.25, 0.3) is 0 Å². The maximum Gasteiger partial charge on any atom is 0.231 e. The van der Waals surface area contributed by atoms with Gasteiger partial charge in [0.1, 0.15) is 17.6 Å². The Kier molecular flexibility index (Phi) is 5.00. The summed E-state index contributed by atoms with van der Waals surface area (Å²) < 4.78 is 19.0. The molecular formula is C19H22FNO3. The monoisotopic (exact) mass is 331 g/mol. The molecule has 1 aromatic carbocycles. The molecule has 1 aromatic heterocycles.